The maximum absolute atomic E-state index is 12.7. The van der Waals surface area contributed by atoms with Crippen molar-refractivity contribution in [1.82, 2.24) is 4.72 Å². The lowest BCUT2D eigenvalue weighted by Crippen LogP contribution is -2.33. The largest absolute Gasteiger partial charge is 0.384 e. The minimum atomic E-state index is -3.92. The molecule has 4 aromatic rings. The number of sulfonamides is 1. The van der Waals surface area contributed by atoms with Gasteiger partial charge in [-0.05, 0) is 47.2 Å². The number of aliphatic hydroxyl groups is 1. The van der Waals surface area contributed by atoms with Crippen LogP contribution in [-0.2, 0) is 14.8 Å². The van der Waals surface area contributed by atoms with Crippen LogP contribution in [0, 0.1) is 0 Å². The minimum Gasteiger partial charge on any atom is -0.384 e. The van der Waals surface area contributed by atoms with Crippen LogP contribution in [0.25, 0.3) is 10.8 Å². The highest BCUT2D eigenvalue weighted by molar-refractivity contribution is 7.89. The van der Waals surface area contributed by atoms with Crippen molar-refractivity contribution in [2.24, 2.45) is 0 Å². The molecule has 0 aliphatic rings. The summed E-state index contributed by atoms with van der Waals surface area (Å²) in [5.74, 6) is -0.612. The summed E-state index contributed by atoms with van der Waals surface area (Å²) in [6, 6.07) is 23.5. The van der Waals surface area contributed by atoms with Gasteiger partial charge in [-0.15, -0.1) is 0 Å². The van der Waals surface area contributed by atoms with Gasteiger partial charge in [-0.1, -0.05) is 71.7 Å². The summed E-state index contributed by atoms with van der Waals surface area (Å²) in [4.78, 5) is 12.6. The molecule has 1 amide bonds. The van der Waals surface area contributed by atoms with Crippen molar-refractivity contribution >= 4 is 55.6 Å². The monoisotopic (exact) mass is 514 g/mol. The molecule has 0 bridgehead atoms. The van der Waals surface area contributed by atoms with E-state index >= 15 is 0 Å². The van der Waals surface area contributed by atoms with Crippen molar-refractivity contribution in [2.75, 3.05) is 11.9 Å². The van der Waals surface area contributed by atoms with Crippen LogP contribution in [0.1, 0.15) is 17.2 Å². The van der Waals surface area contributed by atoms with E-state index in [9.17, 15) is 18.3 Å². The van der Waals surface area contributed by atoms with E-state index in [1.54, 1.807) is 42.5 Å². The van der Waals surface area contributed by atoms with Gasteiger partial charge in [-0.2, -0.15) is 0 Å². The summed E-state index contributed by atoms with van der Waals surface area (Å²) >= 11 is 12.3. The molecule has 0 aromatic heterocycles. The van der Waals surface area contributed by atoms with Gasteiger partial charge >= 0.3 is 0 Å². The number of halogens is 2. The van der Waals surface area contributed by atoms with Crippen molar-refractivity contribution < 1.29 is 18.3 Å². The molecule has 0 saturated carbocycles. The predicted octanol–water partition coefficient (Wildman–Crippen LogP) is 5.15. The number of fused-ring (bicyclic) bond motifs is 1. The van der Waals surface area contributed by atoms with E-state index in [0.29, 0.717) is 21.2 Å². The van der Waals surface area contributed by atoms with E-state index in [1.165, 1.54) is 18.2 Å². The maximum atomic E-state index is 12.7. The van der Waals surface area contributed by atoms with E-state index < -0.39 is 28.6 Å². The van der Waals surface area contributed by atoms with Crippen LogP contribution in [-0.4, -0.2) is 26.0 Å². The molecular weight excluding hydrogens is 495 g/mol. The van der Waals surface area contributed by atoms with Crippen LogP contribution in [0.4, 0.5) is 5.69 Å². The summed E-state index contributed by atoms with van der Waals surface area (Å²) in [6.45, 7) is -0.501. The topological polar surface area (TPSA) is 95.5 Å². The normalized spacial score (nSPS) is 12.4. The fourth-order valence-electron chi connectivity index (χ4n) is 3.51. The fraction of sp³-hybridized carbons (Fsp3) is 0.0800. The third kappa shape index (κ3) is 5.41. The molecule has 1 atom stereocenters. The Bertz CT molecular complexity index is 1480. The number of hydrogen-bond acceptors (Lipinski definition) is 4. The van der Waals surface area contributed by atoms with Crippen LogP contribution in [0.3, 0.4) is 0 Å². The number of amides is 1. The molecule has 4 aromatic carbocycles. The highest BCUT2D eigenvalue weighted by Gasteiger charge is 2.20. The van der Waals surface area contributed by atoms with Gasteiger partial charge in [0.25, 0.3) is 0 Å². The molecule has 0 fully saturated rings. The van der Waals surface area contributed by atoms with Gasteiger partial charge in [0.05, 0.1) is 11.4 Å². The summed E-state index contributed by atoms with van der Waals surface area (Å²) in [5.41, 5.74) is 1.05. The van der Waals surface area contributed by atoms with Gasteiger partial charge in [0.1, 0.15) is 6.10 Å². The van der Waals surface area contributed by atoms with E-state index in [-0.39, 0.29) is 10.6 Å². The van der Waals surface area contributed by atoms with Gasteiger partial charge in [0.2, 0.25) is 15.9 Å². The van der Waals surface area contributed by atoms with Crippen molar-refractivity contribution in [3.63, 3.8) is 0 Å². The molecule has 0 heterocycles. The first-order valence-electron chi connectivity index (χ1n) is 10.2. The number of rotatable bonds is 7. The fourth-order valence-corrected chi connectivity index (χ4v) is 4.95. The lowest BCUT2D eigenvalue weighted by atomic mass is 9.99. The lowest BCUT2D eigenvalue weighted by Gasteiger charge is -2.18. The molecular formula is C25H20Cl2N2O4S. The first kappa shape index (κ1) is 24.2. The molecule has 6 nitrogen and oxygen atoms in total. The highest BCUT2D eigenvalue weighted by atomic mass is 35.5. The van der Waals surface area contributed by atoms with Crippen LogP contribution in [0.15, 0.2) is 89.8 Å². The quantitative estimate of drug-likeness (QED) is 0.318. The first-order chi connectivity index (χ1) is 16.2. The number of aliphatic hydroxyl groups excluding tert-OH is 1. The summed E-state index contributed by atoms with van der Waals surface area (Å²) in [6.07, 6.45) is -1.16. The predicted molar refractivity (Wildman–Crippen MR) is 135 cm³/mol. The zero-order valence-electron chi connectivity index (χ0n) is 17.7. The second-order valence-corrected chi connectivity index (χ2v) is 10.1. The van der Waals surface area contributed by atoms with E-state index in [0.717, 1.165) is 10.8 Å². The van der Waals surface area contributed by atoms with Crippen LogP contribution < -0.4 is 10.0 Å². The Hall–Kier alpha value is -2.94. The van der Waals surface area contributed by atoms with Crippen molar-refractivity contribution in [3.05, 3.63) is 106 Å². The second-order valence-electron chi connectivity index (χ2n) is 7.54. The molecule has 174 valence electrons. The first-order valence-corrected chi connectivity index (χ1v) is 12.5. The van der Waals surface area contributed by atoms with E-state index in [1.807, 2.05) is 24.3 Å². The van der Waals surface area contributed by atoms with Gasteiger partial charge in [0.15, 0.2) is 0 Å². The Morgan fingerprint density at radius 3 is 2.32 bits per heavy atom. The molecule has 1 unspecified atom stereocenters. The van der Waals surface area contributed by atoms with Gasteiger partial charge in [-0.25, -0.2) is 13.1 Å². The third-order valence-electron chi connectivity index (χ3n) is 5.24. The Kier molecular flexibility index (Phi) is 7.21. The Morgan fingerprint density at radius 1 is 0.853 bits per heavy atom. The van der Waals surface area contributed by atoms with Crippen molar-refractivity contribution in [1.29, 1.82) is 0 Å². The second kappa shape index (κ2) is 10.1. The number of carbonyl (C=O) groups is 1. The molecule has 4 rings (SSSR count). The smallest absolute Gasteiger partial charge is 0.241 e. The van der Waals surface area contributed by atoms with Crippen molar-refractivity contribution in [3.8, 4) is 0 Å². The summed E-state index contributed by atoms with van der Waals surface area (Å²) in [5, 5.41) is 15.9. The Balaban J connectivity index is 1.50. The van der Waals surface area contributed by atoms with E-state index in [2.05, 4.69) is 10.0 Å². The highest BCUT2D eigenvalue weighted by Crippen LogP contribution is 2.34. The third-order valence-corrected chi connectivity index (χ3v) is 7.21. The molecule has 0 aliphatic carbocycles. The van der Waals surface area contributed by atoms with Crippen LogP contribution in [0.2, 0.25) is 10.0 Å². The molecule has 0 spiro atoms. The van der Waals surface area contributed by atoms with Gasteiger partial charge in [0, 0.05) is 26.9 Å². The van der Waals surface area contributed by atoms with E-state index in [4.69, 9.17) is 23.2 Å². The molecule has 0 radical (unpaired) electrons. The number of hydrogen-bond donors (Lipinski definition) is 3. The average molecular weight is 515 g/mol. The number of nitrogens with one attached hydrogen (secondary N) is 2. The van der Waals surface area contributed by atoms with Gasteiger partial charge < -0.3 is 10.4 Å². The summed E-state index contributed by atoms with van der Waals surface area (Å²) < 4.78 is 27.7. The maximum Gasteiger partial charge on any atom is 0.241 e. The van der Waals surface area contributed by atoms with Crippen LogP contribution in [0.5, 0.6) is 0 Å². The molecule has 0 saturated heterocycles. The summed E-state index contributed by atoms with van der Waals surface area (Å²) in [7, 11) is -3.92. The molecule has 34 heavy (non-hydrogen) atoms. The lowest BCUT2D eigenvalue weighted by molar-refractivity contribution is -0.115. The Morgan fingerprint density at radius 2 is 1.56 bits per heavy atom. The SMILES string of the molecule is O=C(CNS(=O)(=O)c1ccc2ccccc2c1)Nc1ccc(Cl)cc1C(O)c1ccccc1Cl. The van der Waals surface area contributed by atoms with Crippen molar-refractivity contribution in [2.45, 2.75) is 11.0 Å². The number of benzene rings is 4. The number of carbonyl (C=O) groups excluding carboxylic acids is 1. The standard InChI is InChI=1S/C25H20Cl2N2O4S/c26-18-10-12-23(21(14-18)25(31)20-7-3-4-8-22(20)27)29-24(30)15-28-34(32,33)19-11-9-16-5-1-2-6-17(16)13-19/h1-14,25,28,31H,15H2,(H,29,30). The molecule has 9 heteroatoms. The minimum absolute atomic E-state index is 0.0559. The zero-order chi connectivity index (χ0) is 24.3. The molecule has 3 N–H and O–H groups in total. The van der Waals surface area contributed by atoms with Crippen LogP contribution >= 0.6 is 23.2 Å². The number of anilines is 1. The Labute approximate surface area is 207 Å². The van der Waals surface area contributed by atoms with Gasteiger partial charge in [-0.3, -0.25) is 4.79 Å². The molecule has 0 aliphatic heterocycles. The zero-order valence-corrected chi connectivity index (χ0v) is 20.0. The average Bonchev–Trinajstić information content (AvgIpc) is 2.83.